The molecule has 2 aliphatic heterocycles. The van der Waals surface area contributed by atoms with E-state index in [1.54, 1.807) is 0 Å². The van der Waals surface area contributed by atoms with Crippen LogP contribution in [0.3, 0.4) is 0 Å². The molecule has 0 saturated carbocycles. The first kappa shape index (κ1) is 13.3. The SMILES string of the molecule is Cc1ccc(N2CCCC2C(=O)N2CCNCC2)nn1. The minimum absolute atomic E-state index is 0.0647. The van der Waals surface area contributed by atoms with Gasteiger partial charge in [-0.05, 0) is 31.9 Å². The molecule has 6 heteroatoms. The first-order chi connectivity index (χ1) is 9.75. The third-order valence-electron chi connectivity index (χ3n) is 4.04. The summed E-state index contributed by atoms with van der Waals surface area (Å²) in [6.45, 7) is 6.21. The van der Waals surface area contributed by atoms with E-state index >= 15 is 0 Å². The van der Waals surface area contributed by atoms with E-state index in [2.05, 4.69) is 20.4 Å². The normalized spacial score (nSPS) is 23.1. The van der Waals surface area contributed by atoms with E-state index in [9.17, 15) is 4.79 Å². The van der Waals surface area contributed by atoms with Crippen molar-refractivity contribution >= 4 is 11.7 Å². The van der Waals surface area contributed by atoms with Crippen LogP contribution in [0, 0.1) is 6.92 Å². The van der Waals surface area contributed by atoms with Crippen LogP contribution in [0.15, 0.2) is 12.1 Å². The van der Waals surface area contributed by atoms with E-state index < -0.39 is 0 Å². The molecule has 108 valence electrons. The molecule has 1 aromatic rings. The Labute approximate surface area is 119 Å². The second kappa shape index (κ2) is 5.75. The lowest BCUT2D eigenvalue weighted by atomic mass is 10.1. The molecule has 1 aromatic heterocycles. The molecule has 20 heavy (non-hydrogen) atoms. The van der Waals surface area contributed by atoms with Crippen molar-refractivity contribution in [1.82, 2.24) is 20.4 Å². The zero-order chi connectivity index (χ0) is 13.9. The van der Waals surface area contributed by atoms with Gasteiger partial charge in [0.2, 0.25) is 5.91 Å². The number of nitrogens with zero attached hydrogens (tertiary/aromatic N) is 4. The van der Waals surface area contributed by atoms with Crippen LogP contribution in [0.25, 0.3) is 0 Å². The Bertz CT molecular complexity index is 469. The molecule has 2 aliphatic rings. The van der Waals surface area contributed by atoms with Crippen LogP contribution in [0.1, 0.15) is 18.5 Å². The molecular formula is C14H21N5O. The summed E-state index contributed by atoms with van der Waals surface area (Å²) >= 11 is 0. The highest BCUT2D eigenvalue weighted by Crippen LogP contribution is 2.24. The maximum Gasteiger partial charge on any atom is 0.245 e. The van der Waals surface area contributed by atoms with Crippen molar-refractivity contribution in [3.05, 3.63) is 17.8 Å². The van der Waals surface area contributed by atoms with Crippen molar-refractivity contribution in [2.75, 3.05) is 37.6 Å². The highest BCUT2D eigenvalue weighted by atomic mass is 16.2. The summed E-state index contributed by atoms with van der Waals surface area (Å²) in [6, 6.07) is 3.85. The summed E-state index contributed by atoms with van der Waals surface area (Å²) in [5.41, 5.74) is 0.901. The molecular weight excluding hydrogens is 254 g/mol. The number of aromatic nitrogens is 2. The van der Waals surface area contributed by atoms with E-state index in [0.29, 0.717) is 0 Å². The highest BCUT2D eigenvalue weighted by Gasteiger charge is 2.34. The summed E-state index contributed by atoms with van der Waals surface area (Å²) < 4.78 is 0. The number of rotatable bonds is 2. The standard InChI is InChI=1S/C14H21N5O/c1-11-4-5-13(17-16-11)19-8-2-3-12(19)14(20)18-9-6-15-7-10-18/h4-5,12,15H,2-3,6-10H2,1H3. The molecule has 1 atom stereocenters. The van der Waals surface area contributed by atoms with Gasteiger partial charge in [-0.3, -0.25) is 4.79 Å². The Hall–Kier alpha value is -1.69. The number of nitrogens with one attached hydrogen (secondary N) is 1. The van der Waals surface area contributed by atoms with Crippen molar-refractivity contribution in [2.45, 2.75) is 25.8 Å². The number of hydrogen-bond donors (Lipinski definition) is 1. The van der Waals surface area contributed by atoms with Gasteiger partial charge in [-0.2, -0.15) is 5.10 Å². The lowest BCUT2D eigenvalue weighted by molar-refractivity contribution is -0.133. The smallest absolute Gasteiger partial charge is 0.245 e. The molecule has 1 unspecified atom stereocenters. The molecule has 0 spiro atoms. The van der Waals surface area contributed by atoms with Crippen molar-refractivity contribution in [3.63, 3.8) is 0 Å². The van der Waals surface area contributed by atoms with Gasteiger partial charge >= 0.3 is 0 Å². The predicted molar refractivity (Wildman–Crippen MR) is 76.6 cm³/mol. The van der Waals surface area contributed by atoms with Gasteiger partial charge in [0.1, 0.15) is 6.04 Å². The topological polar surface area (TPSA) is 61.4 Å². The number of aryl methyl sites for hydroxylation is 1. The monoisotopic (exact) mass is 275 g/mol. The molecule has 2 fully saturated rings. The highest BCUT2D eigenvalue weighted by molar-refractivity contribution is 5.85. The maximum absolute atomic E-state index is 12.7. The lowest BCUT2D eigenvalue weighted by Gasteiger charge is -2.33. The summed E-state index contributed by atoms with van der Waals surface area (Å²) in [7, 11) is 0. The van der Waals surface area contributed by atoms with Crippen LogP contribution in [0.2, 0.25) is 0 Å². The molecule has 1 N–H and O–H groups in total. The van der Waals surface area contributed by atoms with E-state index in [1.165, 1.54) is 0 Å². The van der Waals surface area contributed by atoms with Crippen LogP contribution >= 0.6 is 0 Å². The van der Waals surface area contributed by atoms with E-state index in [1.807, 2.05) is 24.0 Å². The first-order valence-electron chi connectivity index (χ1n) is 7.32. The molecule has 0 aliphatic carbocycles. The summed E-state index contributed by atoms with van der Waals surface area (Å²) in [6.07, 6.45) is 1.95. The van der Waals surface area contributed by atoms with Crippen molar-refractivity contribution < 1.29 is 4.79 Å². The Kier molecular flexibility index (Phi) is 3.82. The summed E-state index contributed by atoms with van der Waals surface area (Å²) in [5.74, 6) is 1.06. The summed E-state index contributed by atoms with van der Waals surface area (Å²) in [4.78, 5) is 16.7. The van der Waals surface area contributed by atoms with Gasteiger partial charge < -0.3 is 15.1 Å². The zero-order valence-electron chi connectivity index (χ0n) is 11.9. The Balaban J connectivity index is 1.74. The molecule has 2 saturated heterocycles. The number of carbonyl (C=O) groups excluding carboxylic acids is 1. The van der Waals surface area contributed by atoms with Gasteiger partial charge in [0.15, 0.2) is 5.82 Å². The fraction of sp³-hybridized carbons (Fsp3) is 0.643. The first-order valence-corrected chi connectivity index (χ1v) is 7.32. The van der Waals surface area contributed by atoms with Gasteiger partial charge in [-0.25, -0.2) is 0 Å². The third-order valence-corrected chi connectivity index (χ3v) is 4.04. The van der Waals surface area contributed by atoms with Crippen LogP contribution in [-0.4, -0.2) is 59.8 Å². The average molecular weight is 275 g/mol. The van der Waals surface area contributed by atoms with Gasteiger partial charge in [-0.15, -0.1) is 5.10 Å². The predicted octanol–water partition coefficient (Wildman–Crippen LogP) is 0.186. The van der Waals surface area contributed by atoms with Crippen LogP contribution < -0.4 is 10.2 Å². The maximum atomic E-state index is 12.7. The molecule has 0 aromatic carbocycles. The van der Waals surface area contributed by atoms with Crippen LogP contribution in [-0.2, 0) is 4.79 Å². The van der Waals surface area contributed by atoms with Gasteiger partial charge in [0.05, 0.1) is 5.69 Å². The Morgan fingerprint density at radius 2 is 2.05 bits per heavy atom. The Morgan fingerprint density at radius 1 is 1.25 bits per heavy atom. The average Bonchev–Trinajstić information content (AvgIpc) is 2.97. The number of anilines is 1. The lowest BCUT2D eigenvalue weighted by Crippen LogP contribution is -2.52. The minimum atomic E-state index is -0.0647. The second-order valence-electron chi connectivity index (χ2n) is 5.46. The molecule has 0 bridgehead atoms. The molecule has 1 amide bonds. The molecule has 3 heterocycles. The number of piperazine rings is 1. The van der Waals surface area contributed by atoms with Gasteiger partial charge in [-0.1, -0.05) is 0 Å². The largest absolute Gasteiger partial charge is 0.343 e. The zero-order valence-corrected chi connectivity index (χ0v) is 11.9. The fourth-order valence-electron chi connectivity index (χ4n) is 2.94. The van der Waals surface area contributed by atoms with Gasteiger partial charge in [0.25, 0.3) is 0 Å². The van der Waals surface area contributed by atoms with E-state index in [4.69, 9.17) is 0 Å². The van der Waals surface area contributed by atoms with Crippen molar-refractivity contribution in [1.29, 1.82) is 0 Å². The van der Waals surface area contributed by atoms with Crippen LogP contribution in [0.5, 0.6) is 0 Å². The Morgan fingerprint density at radius 3 is 2.75 bits per heavy atom. The summed E-state index contributed by atoms with van der Waals surface area (Å²) in [5, 5.41) is 11.6. The molecule has 6 nitrogen and oxygen atoms in total. The number of carbonyl (C=O) groups is 1. The van der Waals surface area contributed by atoms with Gasteiger partial charge in [0, 0.05) is 32.7 Å². The fourth-order valence-corrected chi connectivity index (χ4v) is 2.94. The number of hydrogen-bond acceptors (Lipinski definition) is 5. The second-order valence-corrected chi connectivity index (χ2v) is 5.46. The van der Waals surface area contributed by atoms with Crippen molar-refractivity contribution in [3.8, 4) is 0 Å². The third kappa shape index (κ3) is 2.60. The molecule has 0 radical (unpaired) electrons. The van der Waals surface area contributed by atoms with Crippen molar-refractivity contribution in [2.24, 2.45) is 0 Å². The minimum Gasteiger partial charge on any atom is -0.343 e. The van der Waals surface area contributed by atoms with Crippen LogP contribution in [0.4, 0.5) is 5.82 Å². The van der Waals surface area contributed by atoms with E-state index in [0.717, 1.165) is 57.1 Å². The van der Waals surface area contributed by atoms with E-state index in [-0.39, 0.29) is 11.9 Å². The number of amides is 1. The molecule has 3 rings (SSSR count). The quantitative estimate of drug-likeness (QED) is 0.834.